The van der Waals surface area contributed by atoms with E-state index < -0.39 is 0 Å². The van der Waals surface area contributed by atoms with E-state index in [-0.39, 0.29) is 0 Å². The summed E-state index contributed by atoms with van der Waals surface area (Å²) in [5.41, 5.74) is 2.75. The van der Waals surface area contributed by atoms with Gasteiger partial charge in [0, 0.05) is 32.0 Å². The van der Waals surface area contributed by atoms with E-state index >= 15 is 0 Å². The maximum absolute atomic E-state index is 5.10. The molecule has 0 aliphatic rings. The van der Waals surface area contributed by atoms with E-state index in [4.69, 9.17) is 4.74 Å². The summed E-state index contributed by atoms with van der Waals surface area (Å²) in [6.07, 6.45) is 3.23. The number of hydrogen-bond acceptors (Lipinski definition) is 1. The molecule has 0 bridgehead atoms. The maximum Gasteiger partial charge on any atom is 0.0483 e. The number of nitrogens with zero attached hydrogens (tertiary/aromatic N) is 1. The van der Waals surface area contributed by atoms with Gasteiger partial charge in [0.15, 0.2) is 0 Å². The van der Waals surface area contributed by atoms with Gasteiger partial charge in [-0.1, -0.05) is 26.0 Å². The van der Waals surface area contributed by atoms with Crippen LogP contribution in [0.5, 0.6) is 0 Å². The van der Waals surface area contributed by atoms with Gasteiger partial charge in [0.2, 0.25) is 0 Å². The standard InChI is InChI=1S/C15H21NO/c1-12(2)14-6-5-13-7-9-16(15(13)11-14)8-4-10-17-3/h5-7,9,11-12H,4,8,10H2,1-3H3. The summed E-state index contributed by atoms with van der Waals surface area (Å²) in [5.74, 6) is 0.585. The molecule has 2 rings (SSSR count). The molecule has 2 aromatic rings. The predicted molar refractivity (Wildman–Crippen MR) is 72.5 cm³/mol. The number of ether oxygens (including phenoxy) is 1. The highest BCUT2D eigenvalue weighted by Crippen LogP contribution is 2.22. The largest absolute Gasteiger partial charge is 0.385 e. The highest BCUT2D eigenvalue weighted by molar-refractivity contribution is 5.80. The molecule has 0 aliphatic carbocycles. The molecule has 92 valence electrons. The van der Waals surface area contributed by atoms with Crippen LogP contribution in [0.25, 0.3) is 10.9 Å². The Balaban J connectivity index is 2.26. The van der Waals surface area contributed by atoms with E-state index in [1.165, 1.54) is 16.5 Å². The van der Waals surface area contributed by atoms with Gasteiger partial charge in [0.05, 0.1) is 0 Å². The highest BCUT2D eigenvalue weighted by Gasteiger charge is 2.04. The second kappa shape index (κ2) is 5.37. The lowest BCUT2D eigenvalue weighted by molar-refractivity contribution is 0.190. The Hall–Kier alpha value is -1.28. The Kier molecular flexibility index (Phi) is 3.85. The normalized spacial score (nSPS) is 11.5. The van der Waals surface area contributed by atoms with Crippen molar-refractivity contribution in [3.05, 3.63) is 36.0 Å². The van der Waals surface area contributed by atoms with E-state index in [9.17, 15) is 0 Å². The van der Waals surface area contributed by atoms with Gasteiger partial charge >= 0.3 is 0 Å². The molecular formula is C15H21NO. The molecule has 0 amide bonds. The van der Waals surface area contributed by atoms with Gasteiger partial charge in [-0.05, 0) is 35.4 Å². The summed E-state index contributed by atoms with van der Waals surface area (Å²) < 4.78 is 7.42. The van der Waals surface area contributed by atoms with E-state index in [0.717, 1.165) is 19.6 Å². The zero-order valence-electron chi connectivity index (χ0n) is 10.9. The average molecular weight is 231 g/mol. The second-order valence-corrected chi connectivity index (χ2v) is 4.83. The van der Waals surface area contributed by atoms with Crippen molar-refractivity contribution in [1.82, 2.24) is 4.57 Å². The van der Waals surface area contributed by atoms with Gasteiger partial charge in [0.1, 0.15) is 0 Å². The number of fused-ring (bicyclic) bond motifs is 1. The summed E-state index contributed by atoms with van der Waals surface area (Å²) in [4.78, 5) is 0. The van der Waals surface area contributed by atoms with E-state index in [1.54, 1.807) is 7.11 Å². The number of methoxy groups -OCH3 is 1. The third kappa shape index (κ3) is 2.70. The van der Waals surface area contributed by atoms with Crippen LogP contribution in [0.2, 0.25) is 0 Å². The number of aryl methyl sites for hydroxylation is 1. The fourth-order valence-electron chi connectivity index (χ4n) is 2.13. The van der Waals surface area contributed by atoms with Crippen LogP contribution in [0.3, 0.4) is 0 Å². The zero-order valence-corrected chi connectivity index (χ0v) is 10.9. The monoisotopic (exact) mass is 231 g/mol. The van der Waals surface area contributed by atoms with Crippen LogP contribution in [-0.2, 0) is 11.3 Å². The summed E-state index contributed by atoms with van der Waals surface area (Å²) in [6, 6.07) is 8.95. The SMILES string of the molecule is COCCCn1ccc2ccc(C(C)C)cc21. The lowest BCUT2D eigenvalue weighted by Gasteiger charge is -2.08. The van der Waals surface area contributed by atoms with Crippen molar-refractivity contribution in [1.29, 1.82) is 0 Å². The molecular weight excluding hydrogens is 210 g/mol. The molecule has 0 fully saturated rings. The zero-order chi connectivity index (χ0) is 12.3. The molecule has 0 atom stereocenters. The number of benzene rings is 1. The van der Waals surface area contributed by atoms with Gasteiger partial charge in [-0.2, -0.15) is 0 Å². The van der Waals surface area contributed by atoms with Crippen LogP contribution in [0, 0.1) is 0 Å². The first-order valence-electron chi connectivity index (χ1n) is 6.30. The van der Waals surface area contributed by atoms with Crippen LogP contribution >= 0.6 is 0 Å². The molecule has 0 N–H and O–H groups in total. The van der Waals surface area contributed by atoms with Crippen molar-refractivity contribution in [2.75, 3.05) is 13.7 Å². The first-order valence-corrected chi connectivity index (χ1v) is 6.30. The molecule has 0 spiro atoms. The Bertz CT molecular complexity index is 485. The predicted octanol–water partition coefficient (Wildman–Crippen LogP) is 3.80. The van der Waals surface area contributed by atoms with Crippen molar-refractivity contribution in [3.8, 4) is 0 Å². The minimum atomic E-state index is 0.585. The average Bonchev–Trinajstić information content (AvgIpc) is 2.72. The minimum Gasteiger partial charge on any atom is -0.385 e. The molecule has 17 heavy (non-hydrogen) atoms. The third-order valence-electron chi connectivity index (χ3n) is 3.21. The molecule has 0 saturated carbocycles. The van der Waals surface area contributed by atoms with Crippen LogP contribution in [0.1, 0.15) is 31.7 Å². The van der Waals surface area contributed by atoms with Crippen molar-refractivity contribution in [3.63, 3.8) is 0 Å². The van der Waals surface area contributed by atoms with Gasteiger partial charge in [0.25, 0.3) is 0 Å². The number of rotatable bonds is 5. The van der Waals surface area contributed by atoms with Gasteiger partial charge in [-0.3, -0.25) is 0 Å². The molecule has 2 nitrogen and oxygen atoms in total. The number of aromatic nitrogens is 1. The molecule has 1 aromatic heterocycles. The third-order valence-corrected chi connectivity index (χ3v) is 3.21. The Morgan fingerprint density at radius 3 is 2.76 bits per heavy atom. The molecule has 0 unspecified atom stereocenters. The molecule has 2 heteroatoms. The van der Waals surface area contributed by atoms with Gasteiger partial charge in [-0.15, -0.1) is 0 Å². The summed E-state index contributed by atoms with van der Waals surface area (Å²) in [5, 5.41) is 1.33. The van der Waals surface area contributed by atoms with E-state index in [1.807, 2.05) is 0 Å². The Morgan fingerprint density at radius 1 is 1.24 bits per heavy atom. The summed E-state index contributed by atoms with van der Waals surface area (Å²) >= 11 is 0. The molecule has 0 aliphatic heterocycles. The highest BCUT2D eigenvalue weighted by atomic mass is 16.5. The Morgan fingerprint density at radius 2 is 2.06 bits per heavy atom. The Labute approximate surface area is 103 Å². The smallest absolute Gasteiger partial charge is 0.0483 e. The van der Waals surface area contributed by atoms with Gasteiger partial charge < -0.3 is 9.30 Å². The van der Waals surface area contributed by atoms with Crippen LogP contribution in [0.15, 0.2) is 30.5 Å². The first-order chi connectivity index (χ1) is 8.22. The summed E-state index contributed by atoms with van der Waals surface area (Å²) in [7, 11) is 1.75. The van der Waals surface area contributed by atoms with Crippen molar-refractivity contribution >= 4 is 10.9 Å². The second-order valence-electron chi connectivity index (χ2n) is 4.83. The van der Waals surface area contributed by atoms with Crippen LogP contribution in [0.4, 0.5) is 0 Å². The molecule has 1 aromatic carbocycles. The topological polar surface area (TPSA) is 14.2 Å². The van der Waals surface area contributed by atoms with Gasteiger partial charge in [-0.25, -0.2) is 0 Å². The van der Waals surface area contributed by atoms with Crippen LogP contribution < -0.4 is 0 Å². The lowest BCUT2D eigenvalue weighted by Crippen LogP contribution is -2.00. The summed E-state index contributed by atoms with van der Waals surface area (Å²) in [6.45, 7) is 6.32. The lowest BCUT2D eigenvalue weighted by atomic mass is 10.0. The fourth-order valence-corrected chi connectivity index (χ4v) is 2.13. The first kappa shape index (κ1) is 12.2. The van der Waals surface area contributed by atoms with Crippen LogP contribution in [-0.4, -0.2) is 18.3 Å². The number of hydrogen-bond donors (Lipinski definition) is 0. The quantitative estimate of drug-likeness (QED) is 0.714. The van der Waals surface area contributed by atoms with E-state index in [0.29, 0.717) is 5.92 Å². The minimum absolute atomic E-state index is 0.585. The van der Waals surface area contributed by atoms with Crippen molar-refractivity contribution in [2.45, 2.75) is 32.7 Å². The fraction of sp³-hybridized carbons (Fsp3) is 0.467. The molecule has 0 saturated heterocycles. The maximum atomic E-state index is 5.10. The van der Waals surface area contributed by atoms with Crippen molar-refractivity contribution in [2.24, 2.45) is 0 Å². The molecule has 1 heterocycles. The van der Waals surface area contributed by atoms with Crippen molar-refractivity contribution < 1.29 is 4.74 Å². The molecule has 0 radical (unpaired) electrons. The van der Waals surface area contributed by atoms with E-state index in [2.05, 4.69) is 48.9 Å².